The summed E-state index contributed by atoms with van der Waals surface area (Å²) in [6.45, 7) is -1.13. The van der Waals surface area contributed by atoms with Crippen LogP contribution < -0.4 is 21.5 Å². The molecule has 0 unspecified atom stereocenters. The summed E-state index contributed by atoms with van der Waals surface area (Å²) >= 11 is 0. The zero-order chi connectivity index (χ0) is 33.5. The molecule has 17 heteroatoms. The lowest BCUT2D eigenvalue weighted by Gasteiger charge is -2.38. The highest BCUT2D eigenvalue weighted by molar-refractivity contribution is 5.97. The first-order chi connectivity index (χ1) is 21.7. The maximum Gasteiger partial charge on any atom is 0.411 e. The molecule has 1 aromatic carbocycles. The number of rotatable bonds is 7. The van der Waals surface area contributed by atoms with E-state index >= 15 is 8.78 Å². The van der Waals surface area contributed by atoms with Gasteiger partial charge in [0, 0.05) is 62.6 Å². The van der Waals surface area contributed by atoms with Crippen LogP contribution in [-0.4, -0.2) is 75.5 Å². The third-order valence-electron chi connectivity index (χ3n) is 7.67. The minimum atomic E-state index is -4.75. The van der Waals surface area contributed by atoms with Gasteiger partial charge in [0.15, 0.2) is 0 Å². The van der Waals surface area contributed by atoms with Gasteiger partial charge in [-0.3, -0.25) is 14.2 Å². The second kappa shape index (κ2) is 12.4. The summed E-state index contributed by atoms with van der Waals surface area (Å²) in [4.78, 5) is 55.9. The molecule has 0 spiro atoms. The van der Waals surface area contributed by atoms with E-state index in [1.807, 2.05) is 0 Å². The summed E-state index contributed by atoms with van der Waals surface area (Å²) in [5.41, 5.74) is -1.47. The minimum Gasteiger partial charge on any atom is -0.467 e. The van der Waals surface area contributed by atoms with Gasteiger partial charge in [-0.15, -0.1) is 0 Å². The Morgan fingerprint density at radius 1 is 1.13 bits per heavy atom. The first kappa shape index (κ1) is 32.3. The summed E-state index contributed by atoms with van der Waals surface area (Å²) in [7, 11) is 3.85. The number of carbonyl (C=O) groups excluding carboxylic acids is 2. The lowest BCUT2D eigenvalue weighted by molar-refractivity contribution is -0.167. The fraction of sp³-hybridized carbons (Fsp3) is 0.345. The number of aromatic nitrogens is 4. The molecule has 0 bridgehead atoms. The number of carbonyl (C=O) groups is 2. The molecule has 0 radical (unpaired) electrons. The van der Waals surface area contributed by atoms with Crippen LogP contribution in [0.4, 0.5) is 27.6 Å². The standard InChI is InChI=1S/C29H27F5N6O6/c1-37-13-18(26(42)38(2)28(37)44)17-5-4-15(40-7-6-35-24(17)40)12-21(27(43)45-3)36-25(41)23-19(30)10-16(11-20(23)31)39-8-9-46-14-22(39)29(32,33)34/h4-7,10-11,13,21-22H,8-9,12,14H2,1-3H3,(H,36,41)/t21-,22+/m0/s1. The molecule has 3 aromatic heterocycles. The van der Waals surface area contributed by atoms with Crippen molar-refractivity contribution >= 4 is 23.2 Å². The molecule has 0 aliphatic carbocycles. The molecule has 1 aliphatic rings. The van der Waals surface area contributed by atoms with Gasteiger partial charge in [0.05, 0.1) is 25.9 Å². The molecule has 1 fully saturated rings. The smallest absolute Gasteiger partial charge is 0.411 e. The second-order valence-electron chi connectivity index (χ2n) is 10.5. The molecule has 4 aromatic rings. The van der Waals surface area contributed by atoms with Crippen molar-refractivity contribution in [3.8, 4) is 11.1 Å². The fourth-order valence-corrected chi connectivity index (χ4v) is 5.34. The molecule has 1 N–H and O–H groups in total. The molecule has 2 atom stereocenters. The zero-order valence-corrected chi connectivity index (χ0v) is 24.6. The number of ether oxygens (including phenoxy) is 2. The average molecular weight is 651 g/mol. The second-order valence-corrected chi connectivity index (χ2v) is 10.5. The topological polar surface area (TPSA) is 129 Å². The highest BCUT2D eigenvalue weighted by Crippen LogP contribution is 2.33. The molecule has 1 aliphatic heterocycles. The number of nitrogens with one attached hydrogen (secondary N) is 1. The number of hydrogen-bond donors (Lipinski definition) is 1. The van der Waals surface area contributed by atoms with Crippen LogP contribution in [0.2, 0.25) is 0 Å². The molecule has 1 amide bonds. The van der Waals surface area contributed by atoms with Gasteiger partial charge in [0.1, 0.15) is 34.9 Å². The number of methoxy groups -OCH3 is 1. The molecular formula is C29H27F5N6O6. The number of benzene rings is 1. The summed E-state index contributed by atoms with van der Waals surface area (Å²) in [5.74, 6) is -5.19. The van der Waals surface area contributed by atoms with Crippen molar-refractivity contribution in [3.05, 3.63) is 86.6 Å². The largest absolute Gasteiger partial charge is 0.467 e. The van der Waals surface area contributed by atoms with Gasteiger partial charge in [-0.2, -0.15) is 13.2 Å². The third-order valence-corrected chi connectivity index (χ3v) is 7.67. The number of aryl methyl sites for hydroxylation is 1. The highest BCUT2D eigenvalue weighted by atomic mass is 19.4. The van der Waals surface area contributed by atoms with E-state index in [2.05, 4.69) is 10.3 Å². The van der Waals surface area contributed by atoms with Crippen molar-refractivity contribution in [2.75, 3.05) is 31.8 Å². The maximum absolute atomic E-state index is 15.2. The molecule has 5 rings (SSSR count). The Balaban J connectivity index is 1.44. The number of imidazole rings is 1. The van der Waals surface area contributed by atoms with Gasteiger partial charge in [0.25, 0.3) is 11.5 Å². The van der Waals surface area contributed by atoms with Crippen molar-refractivity contribution in [1.29, 1.82) is 0 Å². The van der Waals surface area contributed by atoms with E-state index < -0.39 is 70.9 Å². The Hall–Kier alpha value is -5.06. The van der Waals surface area contributed by atoms with E-state index in [0.717, 1.165) is 16.6 Å². The fourth-order valence-electron chi connectivity index (χ4n) is 5.34. The van der Waals surface area contributed by atoms with Gasteiger partial charge in [0.2, 0.25) is 0 Å². The van der Waals surface area contributed by atoms with Crippen LogP contribution in [0.1, 0.15) is 16.1 Å². The molecular weight excluding hydrogens is 623 g/mol. The lowest BCUT2D eigenvalue weighted by atomic mass is 10.1. The number of pyridine rings is 1. The lowest BCUT2D eigenvalue weighted by Crippen LogP contribution is -2.53. The van der Waals surface area contributed by atoms with Crippen LogP contribution in [0.25, 0.3) is 16.8 Å². The predicted molar refractivity (Wildman–Crippen MR) is 152 cm³/mol. The van der Waals surface area contributed by atoms with E-state index in [-0.39, 0.29) is 30.8 Å². The van der Waals surface area contributed by atoms with E-state index in [4.69, 9.17) is 9.47 Å². The zero-order valence-electron chi connectivity index (χ0n) is 24.6. The molecule has 4 heterocycles. The molecule has 12 nitrogen and oxygen atoms in total. The number of anilines is 1. The Morgan fingerprint density at radius 3 is 2.48 bits per heavy atom. The highest BCUT2D eigenvalue weighted by Gasteiger charge is 2.46. The maximum atomic E-state index is 15.2. The van der Waals surface area contributed by atoms with Crippen LogP contribution >= 0.6 is 0 Å². The first-order valence-electron chi connectivity index (χ1n) is 13.7. The van der Waals surface area contributed by atoms with Crippen molar-refractivity contribution in [3.63, 3.8) is 0 Å². The van der Waals surface area contributed by atoms with Crippen LogP contribution in [0.15, 0.2) is 52.4 Å². The predicted octanol–water partition coefficient (Wildman–Crippen LogP) is 1.96. The number of alkyl halides is 3. The van der Waals surface area contributed by atoms with E-state index in [9.17, 15) is 32.3 Å². The molecule has 244 valence electrons. The van der Waals surface area contributed by atoms with Gasteiger partial charge in [-0.1, -0.05) is 0 Å². The van der Waals surface area contributed by atoms with Gasteiger partial charge in [-0.25, -0.2) is 23.4 Å². The Morgan fingerprint density at radius 2 is 1.83 bits per heavy atom. The van der Waals surface area contributed by atoms with Gasteiger partial charge >= 0.3 is 17.8 Å². The minimum absolute atomic E-state index is 0.105. The molecule has 46 heavy (non-hydrogen) atoms. The van der Waals surface area contributed by atoms with Gasteiger partial charge < -0.3 is 28.7 Å². The Bertz CT molecular complexity index is 1930. The van der Waals surface area contributed by atoms with E-state index in [1.54, 1.807) is 0 Å². The normalized spacial score (nSPS) is 16.0. The van der Waals surface area contributed by atoms with Gasteiger partial charge in [-0.05, 0) is 24.3 Å². The van der Waals surface area contributed by atoms with Crippen LogP contribution in [0, 0.1) is 11.6 Å². The summed E-state index contributed by atoms with van der Waals surface area (Å²) in [6.07, 6.45) is -0.703. The van der Waals surface area contributed by atoms with Crippen LogP contribution in [0.3, 0.4) is 0 Å². The van der Waals surface area contributed by atoms with E-state index in [1.165, 1.54) is 53.8 Å². The monoisotopic (exact) mass is 650 g/mol. The van der Waals surface area contributed by atoms with Crippen molar-refractivity contribution in [2.24, 2.45) is 14.1 Å². The number of amides is 1. The summed E-state index contributed by atoms with van der Waals surface area (Å²) in [5, 5.41) is 2.25. The summed E-state index contributed by atoms with van der Waals surface area (Å²) in [6, 6.07) is 0.677. The first-order valence-corrected chi connectivity index (χ1v) is 13.7. The quantitative estimate of drug-likeness (QED) is 0.238. The van der Waals surface area contributed by atoms with Crippen LogP contribution in [-0.2, 0) is 34.8 Å². The number of morpholine rings is 1. The van der Waals surface area contributed by atoms with E-state index in [0.29, 0.717) is 23.4 Å². The Labute approximate surface area is 256 Å². The number of halogens is 5. The van der Waals surface area contributed by atoms with Crippen molar-refractivity contribution in [1.82, 2.24) is 23.8 Å². The molecule has 0 saturated carbocycles. The number of nitrogens with zero attached hydrogens (tertiary/aromatic N) is 5. The molecule has 1 saturated heterocycles. The van der Waals surface area contributed by atoms with Crippen molar-refractivity contribution in [2.45, 2.75) is 24.7 Å². The SMILES string of the molecule is COC(=O)[C@H](Cc1ccc(-c2cn(C)c(=O)n(C)c2=O)c2nccn12)NC(=O)c1c(F)cc(N2CCOC[C@@H]2C(F)(F)F)cc1F. The number of hydrogen-bond acceptors (Lipinski definition) is 8. The Kier molecular flexibility index (Phi) is 8.70. The summed E-state index contributed by atoms with van der Waals surface area (Å²) < 4.78 is 84.3. The van der Waals surface area contributed by atoms with Crippen LogP contribution in [0.5, 0.6) is 0 Å². The number of esters is 1. The third kappa shape index (κ3) is 5.96. The number of fused-ring (bicyclic) bond motifs is 1. The van der Waals surface area contributed by atoms with Crippen molar-refractivity contribution < 1.29 is 41.0 Å². The average Bonchev–Trinajstić information content (AvgIpc) is 3.51.